The van der Waals surface area contributed by atoms with Crippen LogP contribution in [0.25, 0.3) is 0 Å². The number of rotatable bonds is 3. The minimum atomic E-state index is -1.02. The largest absolute Gasteiger partial charge is 0.459 e. The number of hydrogen-bond donors (Lipinski definition) is 0. The van der Waals surface area contributed by atoms with Crippen LogP contribution in [0.2, 0.25) is 0 Å². The minimum absolute atomic E-state index is 0.00449. The van der Waals surface area contributed by atoms with Gasteiger partial charge in [-0.1, -0.05) is 0 Å². The molecular weight excluding hydrogens is 244 g/mol. The summed E-state index contributed by atoms with van der Waals surface area (Å²) in [6, 6.07) is 2.92. The van der Waals surface area contributed by atoms with E-state index in [2.05, 4.69) is 4.74 Å². The number of benzene rings is 1. The molecule has 1 aromatic carbocycles. The molecule has 18 heavy (non-hydrogen) atoms. The Kier molecular flexibility index (Phi) is 4.76. The molecule has 0 aliphatic rings. The maximum Gasteiger partial charge on any atom is 0.397 e. The first kappa shape index (κ1) is 14.1. The van der Waals surface area contributed by atoms with Gasteiger partial charge < -0.3 is 9.64 Å². The topological polar surface area (TPSA) is 46.6 Å². The molecule has 0 spiro atoms. The van der Waals surface area contributed by atoms with E-state index in [9.17, 15) is 18.4 Å². The summed E-state index contributed by atoms with van der Waals surface area (Å²) in [5, 5.41) is 0. The van der Waals surface area contributed by atoms with Gasteiger partial charge in [0.05, 0.1) is 6.61 Å². The van der Waals surface area contributed by atoms with Crippen molar-refractivity contribution in [3.05, 3.63) is 35.4 Å². The molecule has 1 rings (SSSR count). The van der Waals surface area contributed by atoms with Crippen LogP contribution in [0, 0.1) is 11.6 Å². The summed E-state index contributed by atoms with van der Waals surface area (Å²) in [7, 11) is 1.31. The van der Waals surface area contributed by atoms with Crippen molar-refractivity contribution in [1.29, 1.82) is 0 Å². The van der Waals surface area contributed by atoms with Crippen LogP contribution in [0.15, 0.2) is 18.2 Å². The van der Waals surface area contributed by atoms with Crippen LogP contribution < -0.4 is 0 Å². The van der Waals surface area contributed by atoms with Crippen molar-refractivity contribution >= 4 is 11.9 Å². The van der Waals surface area contributed by atoms with Crippen LogP contribution in [0.1, 0.15) is 12.5 Å². The van der Waals surface area contributed by atoms with Crippen LogP contribution in [0.4, 0.5) is 8.78 Å². The number of amides is 1. The van der Waals surface area contributed by atoms with Gasteiger partial charge in [0.15, 0.2) is 0 Å². The molecule has 0 saturated carbocycles. The molecule has 0 aliphatic heterocycles. The standard InChI is InChI=1S/C12H13F2NO3/c1-3-18-12(17)11(16)15(2)7-8-6-9(13)4-5-10(8)14/h4-6H,3,7H2,1-2H3. The van der Waals surface area contributed by atoms with E-state index >= 15 is 0 Å². The third-order valence-electron chi connectivity index (χ3n) is 2.21. The maximum absolute atomic E-state index is 13.3. The third kappa shape index (κ3) is 3.51. The number of nitrogens with zero attached hydrogens (tertiary/aromatic N) is 1. The van der Waals surface area contributed by atoms with Crippen LogP contribution in [0.5, 0.6) is 0 Å². The average molecular weight is 257 g/mol. The van der Waals surface area contributed by atoms with Gasteiger partial charge in [-0.2, -0.15) is 0 Å². The highest BCUT2D eigenvalue weighted by molar-refractivity contribution is 6.32. The summed E-state index contributed by atoms with van der Waals surface area (Å²) in [5.41, 5.74) is -0.00449. The Labute approximate surface area is 103 Å². The van der Waals surface area contributed by atoms with Gasteiger partial charge >= 0.3 is 11.9 Å². The highest BCUT2D eigenvalue weighted by atomic mass is 19.1. The van der Waals surface area contributed by atoms with Crippen LogP contribution in [-0.2, 0) is 20.9 Å². The Morgan fingerprint density at radius 2 is 2.00 bits per heavy atom. The lowest BCUT2D eigenvalue weighted by Gasteiger charge is -2.16. The van der Waals surface area contributed by atoms with Crippen LogP contribution in [0.3, 0.4) is 0 Å². The molecule has 0 radical (unpaired) electrons. The number of carbonyl (C=O) groups excluding carboxylic acids is 2. The molecule has 6 heteroatoms. The van der Waals surface area contributed by atoms with Gasteiger partial charge in [0.25, 0.3) is 0 Å². The molecule has 0 fully saturated rings. The second kappa shape index (κ2) is 6.09. The summed E-state index contributed by atoms with van der Waals surface area (Å²) in [4.78, 5) is 23.6. The van der Waals surface area contributed by atoms with Gasteiger partial charge in [-0.3, -0.25) is 4.79 Å². The molecule has 0 heterocycles. The smallest absolute Gasteiger partial charge is 0.397 e. The molecule has 98 valence electrons. The van der Waals surface area contributed by atoms with Gasteiger partial charge in [-0.25, -0.2) is 13.6 Å². The van der Waals surface area contributed by atoms with Crippen molar-refractivity contribution in [3.63, 3.8) is 0 Å². The van der Waals surface area contributed by atoms with E-state index in [4.69, 9.17) is 0 Å². The van der Waals surface area contributed by atoms with E-state index in [0.717, 1.165) is 23.1 Å². The van der Waals surface area contributed by atoms with Gasteiger partial charge in [0.1, 0.15) is 11.6 Å². The second-order valence-corrected chi connectivity index (χ2v) is 3.62. The first-order chi connectivity index (χ1) is 8.45. The Balaban J connectivity index is 2.75. The molecule has 0 bridgehead atoms. The zero-order valence-corrected chi connectivity index (χ0v) is 10.1. The van der Waals surface area contributed by atoms with Gasteiger partial charge in [0.2, 0.25) is 0 Å². The third-order valence-corrected chi connectivity index (χ3v) is 2.21. The van der Waals surface area contributed by atoms with Gasteiger partial charge in [0, 0.05) is 19.2 Å². The minimum Gasteiger partial charge on any atom is -0.459 e. The Morgan fingerprint density at radius 1 is 1.33 bits per heavy atom. The number of likely N-dealkylation sites (N-methyl/N-ethyl adjacent to an activating group) is 1. The van der Waals surface area contributed by atoms with Crippen molar-refractivity contribution < 1.29 is 23.1 Å². The van der Waals surface area contributed by atoms with E-state index in [-0.39, 0.29) is 18.7 Å². The molecule has 1 aromatic rings. The number of hydrogen-bond acceptors (Lipinski definition) is 3. The number of halogens is 2. The molecule has 1 amide bonds. The SMILES string of the molecule is CCOC(=O)C(=O)N(C)Cc1cc(F)ccc1F. The van der Waals surface area contributed by atoms with Gasteiger partial charge in [-0.15, -0.1) is 0 Å². The van der Waals surface area contributed by atoms with Crippen molar-refractivity contribution in [3.8, 4) is 0 Å². The molecule has 0 atom stereocenters. The first-order valence-electron chi connectivity index (χ1n) is 5.31. The molecule has 0 unspecified atom stereocenters. The van der Waals surface area contributed by atoms with Crippen molar-refractivity contribution in [2.75, 3.05) is 13.7 Å². The lowest BCUT2D eigenvalue weighted by molar-refractivity contribution is -0.159. The summed E-state index contributed by atoms with van der Waals surface area (Å²) in [6.07, 6.45) is 0. The van der Waals surface area contributed by atoms with E-state index in [1.807, 2.05) is 0 Å². The maximum atomic E-state index is 13.3. The summed E-state index contributed by atoms with van der Waals surface area (Å²) in [5.74, 6) is -3.17. The number of ether oxygens (including phenoxy) is 1. The summed E-state index contributed by atoms with van der Waals surface area (Å²) >= 11 is 0. The molecule has 0 N–H and O–H groups in total. The average Bonchev–Trinajstić information content (AvgIpc) is 2.33. The second-order valence-electron chi connectivity index (χ2n) is 3.62. The lowest BCUT2D eigenvalue weighted by atomic mass is 10.2. The highest BCUT2D eigenvalue weighted by Gasteiger charge is 2.20. The van der Waals surface area contributed by atoms with E-state index in [0.29, 0.717) is 0 Å². The first-order valence-corrected chi connectivity index (χ1v) is 5.31. The van der Waals surface area contributed by atoms with E-state index in [1.165, 1.54) is 7.05 Å². The molecule has 4 nitrogen and oxygen atoms in total. The Morgan fingerprint density at radius 3 is 2.61 bits per heavy atom. The fourth-order valence-corrected chi connectivity index (χ4v) is 1.34. The predicted molar refractivity (Wildman–Crippen MR) is 59.5 cm³/mol. The van der Waals surface area contributed by atoms with Crippen molar-refractivity contribution in [2.24, 2.45) is 0 Å². The summed E-state index contributed by atoms with van der Waals surface area (Å²) < 4.78 is 30.8. The monoisotopic (exact) mass is 257 g/mol. The molecule has 0 aromatic heterocycles. The number of carbonyl (C=O) groups is 2. The zero-order valence-electron chi connectivity index (χ0n) is 10.1. The highest BCUT2D eigenvalue weighted by Crippen LogP contribution is 2.11. The van der Waals surface area contributed by atoms with Crippen molar-refractivity contribution in [2.45, 2.75) is 13.5 Å². The quantitative estimate of drug-likeness (QED) is 0.608. The lowest BCUT2D eigenvalue weighted by Crippen LogP contribution is -2.34. The fraction of sp³-hybridized carbons (Fsp3) is 0.333. The molecular formula is C12H13F2NO3. The number of esters is 1. The van der Waals surface area contributed by atoms with Crippen LogP contribution >= 0.6 is 0 Å². The fourth-order valence-electron chi connectivity index (χ4n) is 1.34. The van der Waals surface area contributed by atoms with Gasteiger partial charge in [-0.05, 0) is 25.1 Å². The van der Waals surface area contributed by atoms with Crippen LogP contribution in [-0.4, -0.2) is 30.4 Å². The van der Waals surface area contributed by atoms with Crippen molar-refractivity contribution in [1.82, 2.24) is 4.90 Å². The molecule has 0 aliphatic carbocycles. The predicted octanol–water partition coefficient (Wildman–Crippen LogP) is 1.49. The van der Waals surface area contributed by atoms with E-state index in [1.54, 1.807) is 6.92 Å². The van der Waals surface area contributed by atoms with E-state index < -0.39 is 23.5 Å². The Hall–Kier alpha value is -1.98. The Bertz CT molecular complexity index is 463. The normalized spacial score (nSPS) is 10.0. The zero-order chi connectivity index (χ0) is 13.7. The summed E-state index contributed by atoms with van der Waals surface area (Å²) in [6.45, 7) is 1.44. The molecule has 0 saturated heterocycles.